The summed E-state index contributed by atoms with van der Waals surface area (Å²) in [5, 5.41) is 9.25. The lowest BCUT2D eigenvalue weighted by atomic mass is 10.3. The Morgan fingerprint density at radius 2 is 2.18 bits per heavy atom. The molecule has 0 amide bonds. The molecule has 0 aromatic carbocycles. The van der Waals surface area contributed by atoms with Crippen molar-refractivity contribution in [2.24, 2.45) is 0 Å². The summed E-state index contributed by atoms with van der Waals surface area (Å²) in [6.45, 7) is 3.81. The maximum absolute atomic E-state index is 5.93. The molecule has 0 fully saturated rings. The molecule has 0 saturated heterocycles. The van der Waals surface area contributed by atoms with Crippen molar-refractivity contribution < 1.29 is 4.42 Å². The molecular weight excluding hydrogens is 260 g/mol. The Balaban J connectivity index is 2.20. The maximum atomic E-state index is 5.93. The first-order valence-corrected chi connectivity index (χ1v) is 6.38. The van der Waals surface area contributed by atoms with Gasteiger partial charge in [0.1, 0.15) is 16.0 Å². The first-order valence-electron chi connectivity index (χ1n) is 5.19. The zero-order valence-corrected chi connectivity index (χ0v) is 11.0. The lowest BCUT2D eigenvalue weighted by molar-refractivity contribution is 0.429. The lowest BCUT2D eigenvalue weighted by Gasteiger charge is -2.01. The molecule has 2 rings (SSSR count). The average Bonchev–Trinajstić information content (AvgIpc) is 2.63. The highest BCUT2D eigenvalue weighted by Crippen LogP contribution is 2.26. The monoisotopic (exact) mass is 270 g/mol. The second-order valence-electron chi connectivity index (χ2n) is 3.38. The second kappa shape index (κ2) is 5.46. The van der Waals surface area contributed by atoms with Gasteiger partial charge in [-0.3, -0.25) is 0 Å². The molecule has 2 aromatic heterocycles. The molecule has 0 aliphatic carbocycles. The van der Waals surface area contributed by atoms with E-state index in [0.29, 0.717) is 16.3 Å². The van der Waals surface area contributed by atoms with Crippen molar-refractivity contribution in [2.75, 3.05) is 0 Å². The Labute approximate surface area is 108 Å². The summed E-state index contributed by atoms with van der Waals surface area (Å²) in [7, 11) is 0. The highest BCUT2D eigenvalue weighted by molar-refractivity contribution is 7.99. The highest BCUT2D eigenvalue weighted by atomic mass is 35.5. The SMILES string of the molecule is CCCc1nc(Cl)cc(Sc2nnc(C)o2)n1. The van der Waals surface area contributed by atoms with Crippen LogP contribution in [0.2, 0.25) is 5.15 Å². The predicted octanol–water partition coefficient (Wildman–Crippen LogP) is 2.93. The van der Waals surface area contributed by atoms with Crippen LogP contribution in [0, 0.1) is 6.92 Å². The van der Waals surface area contributed by atoms with E-state index in [1.165, 1.54) is 11.8 Å². The van der Waals surface area contributed by atoms with Gasteiger partial charge in [0, 0.05) is 19.4 Å². The molecule has 0 saturated carbocycles. The fourth-order valence-electron chi connectivity index (χ4n) is 1.24. The Morgan fingerprint density at radius 1 is 1.35 bits per heavy atom. The van der Waals surface area contributed by atoms with Crippen molar-refractivity contribution >= 4 is 23.4 Å². The topological polar surface area (TPSA) is 64.7 Å². The van der Waals surface area contributed by atoms with E-state index in [9.17, 15) is 0 Å². The Kier molecular flexibility index (Phi) is 3.96. The van der Waals surface area contributed by atoms with Crippen molar-refractivity contribution in [3.05, 3.63) is 22.9 Å². The molecule has 90 valence electrons. The number of nitrogens with zero attached hydrogens (tertiary/aromatic N) is 4. The van der Waals surface area contributed by atoms with Crippen molar-refractivity contribution in [1.29, 1.82) is 0 Å². The highest BCUT2D eigenvalue weighted by Gasteiger charge is 2.09. The lowest BCUT2D eigenvalue weighted by Crippen LogP contribution is -1.96. The fourth-order valence-corrected chi connectivity index (χ4v) is 2.25. The van der Waals surface area contributed by atoms with Crippen LogP contribution in [0.15, 0.2) is 20.7 Å². The van der Waals surface area contributed by atoms with E-state index in [1.54, 1.807) is 13.0 Å². The third-order valence-electron chi connectivity index (χ3n) is 1.89. The van der Waals surface area contributed by atoms with Crippen molar-refractivity contribution in [1.82, 2.24) is 20.2 Å². The van der Waals surface area contributed by atoms with Crippen LogP contribution in [-0.2, 0) is 6.42 Å². The normalized spacial score (nSPS) is 10.8. The minimum atomic E-state index is 0.433. The van der Waals surface area contributed by atoms with Crippen molar-refractivity contribution in [2.45, 2.75) is 36.9 Å². The summed E-state index contributed by atoms with van der Waals surface area (Å²) in [5.41, 5.74) is 0. The summed E-state index contributed by atoms with van der Waals surface area (Å²) in [4.78, 5) is 8.51. The Bertz CT molecular complexity index is 517. The minimum Gasteiger partial charge on any atom is -0.416 e. The van der Waals surface area contributed by atoms with Crippen LogP contribution in [0.1, 0.15) is 25.1 Å². The van der Waals surface area contributed by atoms with Gasteiger partial charge in [0.15, 0.2) is 0 Å². The molecule has 2 heterocycles. The molecule has 0 spiro atoms. The molecule has 0 atom stereocenters. The second-order valence-corrected chi connectivity index (χ2v) is 4.74. The van der Waals surface area contributed by atoms with Gasteiger partial charge in [-0.15, -0.1) is 10.2 Å². The van der Waals surface area contributed by atoms with E-state index in [-0.39, 0.29) is 0 Å². The summed E-state index contributed by atoms with van der Waals surface area (Å²) < 4.78 is 5.26. The van der Waals surface area contributed by atoms with Gasteiger partial charge in [-0.25, -0.2) is 9.97 Å². The molecule has 0 aliphatic rings. The third kappa shape index (κ3) is 3.41. The van der Waals surface area contributed by atoms with Gasteiger partial charge in [-0.05, 0) is 18.2 Å². The van der Waals surface area contributed by atoms with Crippen LogP contribution in [0.4, 0.5) is 0 Å². The molecule has 0 unspecified atom stereocenters. The van der Waals surface area contributed by atoms with Gasteiger partial charge in [0.25, 0.3) is 5.22 Å². The summed E-state index contributed by atoms with van der Waals surface area (Å²) in [6.07, 6.45) is 1.78. The molecule has 5 nitrogen and oxygen atoms in total. The number of halogens is 1. The summed E-state index contributed by atoms with van der Waals surface area (Å²) in [5.74, 6) is 1.26. The predicted molar refractivity (Wildman–Crippen MR) is 64.2 cm³/mol. The molecule has 17 heavy (non-hydrogen) atoms. The van der Waals surface area contributed by atoms with Gasteiger partial charge in [0.2, 0.25) is 5.89 Å². The van der Waals surface area contributed by atoms with Crippen LogP contribution < -0.4 is 0 Å². The number of rotatable bonds is 4. The largest absolute Gasteiger partial charge is 0.416 e. The third-order valence-corrected chi connectivity index (χ3v) is 2.84. The van der Waals surface area contributed by atoms with E-state index >= 15 is 0 Å². The Hall–Kier alpha value is -1.14. The van der Waals surface area contributed by atoms with E-state index in [4.69, 9.17) is 16.0 Å². The minimum absolute atomic E-state index is 0.433. The molecule has 0 radical (unpaired) electrons. The van der Waals surface area contributed by atoms with Crippen LogP contribution in [-0.4, -0.2) is 20.2 Å². The van der Waals surface area contributed by atoms with E-state index < -0.39 is 0 Å². The molecule has 7 heteroatoms. The average molecular weight is 271 g/mol. The van der Waals surface area contributed by atoms with Crippen LogP contribution >= 0.6 is 23.4 Å². The smallest absolute Gasteiger partial charge is 0.282 e. The van der Waals surface area contributed by atoms with Crippen molar-refractivity contribution in [3.8, 4) is 0 Å². The first kappa shape index (κ1) is 12.3. The number of aromatic nitrogens is 4. The standard InChI is InChI=1S/C10H11ClN4OS/c1-3-4-8-12-7(11)5-9(13-8)17-10-15-14-6(2)16-10/h5H,3-4H2,1-2H3. The summed E-state index contributed by atoms with van der Waals surface area (Å²) in [6, 6.07) is 1.69. The van der Waals surface area contributed by atoms with E-state index in [2.05, 4.69) is 27.1 Å². The van der Waals surface area contributed by atoms with Crippen molar-refractivity contribution in [3.63, 3.8) is 0 Å². The van der Waals surface area contributed by atoms with Gasteiger partial charge in [0.05, 0.1) is 0 Å². The van der Waals surface area contributed by atoms with Gasteiger partial charge < -0.3 is 4.42 Å². The Morgan fingerprint density at radius 3 is 2.82 bits per heavy atom. The van der Waals surface area contributed by atoms with Crippen LogP contribution in [0.5, 0.6) is 0 Å². The summed E-state index contributed by atoms with van der Waals surface area (Å²) >= 11 is 7.21. The molecule has 0 aliphatic heterocycles. The van der Waals surface area contributed by atoms with E-state index in [1.807, 2.05) is 0 Å². The molecule has 0 N–H and O–H groups in total. The molecule has 0 bridgehead atoms. The number of hydrogen-bond donors (Lipinski definition) is 0. The quantitative estimate of drug-likeness (QED) is 0.796. The van der Waals surface area contributed by atoms with Crippen LogP contribution in [0.3, 0.4) is 0 Å². The molecular formula is C10H11ClN4OS. The zero-order valence-electron chi connectivity index (χ0n) is 9.47. The van der Waals surface area contributed by atoms with Crippen LogP contribution in [0.25, 0.3) is 0 Å². The fraction of sp³-hybridized carbons (Fsp3) is 0.400. The zero-order chi connectivity index (χ0) is 12.3. The van der Waals surface area contributed by atoms with E-state index in [0.717, 1.165) is 23.7 Å². The maximum Gasteiger partial charge on any atom is 0.282 e. The molecule has 2 aromatic rings. The van der Waals surface area contributed by atoms with Gasteiger partial charge >= 0.3 is 0 Å². The number of hydrogen-bond acceptors (Lipinski definition) is 6. The number of aryl methyl sites for hydroxylation is 2. The van der Waals surface area contributed by atoms with Gasteiger partial charge in [-0.2, -0.15) is 0 Å². The van der Waals surface area contributed by atoms with Gasteiger partial charge in [-0.1, -0.05) is 18.5 Å². The first-order chi connectivity index (χ1) is 8.17.